The smallest absolute Gasteiger partial charge is 0.410 e. The molecule has 0 spiro atoms. The Hall–Kier alpha value is -3.25. The summed E-state index contributed by atoms with van der Waals surface area (Å²) >= 11 is 1.32. The lowest BCUT2D eigenvalue weighted by Gasteiger charge is -2.25. The Labute approximate surface area is 171 Å². The van der Waals surface area contributed by atoms with Gasteiger partial charge in [0.25, 0.3) is 5.91 Å². The molecule has 0 saturated carbocycles. The summed E-state index contributed by atoms with van der Waals surface area (Å²) in [6, 6.07) is 7.18. The molecule has 0 bridgehead atoms. The van der Waals surface area contributed by atoms with Gasteiger partial charge in [-0.3, -0.25) is 4.79 Å². The summed E-state index contributed by atoms with van der Waals surface area (Å²) in [6.45, 7) is 3.84. The molecule has 0 fully saturated rings. The second-order valence-electron chi connectivity index (χ2n) is 6.50. The third-order valence-electron chi connectivity index (χ3n) is 4.73. The van der Waals surface area contributed by atoms with Crippen molar-refractivity contribution in [2.24, 2.45) is 0 Å². The predicted octanol–water partition coefficient (Wildman–Crippen LogP) is 3.16. The Morgan fingerprint density at radius 2 is 2.10 bits per heavy atom. The van der Waals surface area contributed by atoms with Crippen LogP contribution in [0.3, 0.4) is 0 Å². The van der Waals surface area contributed by atoms with Crippen molar-refractivity contribution in [1.29, 1.82) is 5.26 Å². The molecule has 2 aliphatic rings. The van der Waals surface area contributed by atoms with Crippen LogP contribution >= 0.6 is 11.3 Å². The highest BCUT2D eigenvalue weighted by atomic mass is 32.1. The Bertz CT molecular complexity index is 1010. The van der Waals surface area contributed by atoms with E-state index in [1.807, 2.05) is 0 Å². The average Bonchev–Trinajstić information content (AvgIpc) is 3.09. The number of amides is 2. The maximum Gasteiger partial charge on any atom is 0.410 e. The predicted molar refractivity (Wildman–Crippen MR) is 106 cm³/mol. The summed E-state index contributed by atoms with van der Waals surface area (Å²) in [5.41, 5.74) is 1.76. The molecule has 1 aromatic carbocycles. The van der Waals surface area contributed by atoms with Crippen LogP contribution in [0.5, 0.6) is 11.5 Å². The van der Waals surface area contributed by atoms with Gasteiger partial charge in [0, 0.05) is 17.0 Å². The highest BCUT2D eigenvalue weighted by molar-refractivity contribution is 7.16. The lowest BCUT2D eigenvalue weighted by atomic mass is 10.0. The molecule has 2 amide bonds. The van der Waals surface area contributed by atoms with Crippen molar-refractivity contribution in [3.8, 4) is 17.6 Å². The minimum absolute atomic E-state index is 0.312. The minimum atomic E-state index is -0.369. The van der Waals surface area contributed by atoms with Crippen LogP contribution < -0.4 is 14.8 Å². The fourth-order valence-corrected chi connectivity index (χ4v) is 4.55. The number of nitrogens with zero attached hydrogens (tertiary/aromatic N) is 2. The van der Waals surface area contributed by atoms with Crippen LogP contribution in [-0.4, -0.2) is 43.3 Å². The highest BCUT2D eigenvalue weighted by Gasteiger charge is 2.28. The van der Waals surface area contributed by atoms with E-state index in [2.05, 4.69) is 11.4 Å². The van der Waals surface area contributed by atoms with Crippen molar-refractivity contribution in [2.45, 2.75) is 19.9 Å². The molecule has 1 aromatic heterocycles. The number of hydrogen-bond acceptors (Lipinski definition) is 7. The van der Waals surface area contributed by atoms with Crippen LogP contribution in [0.2, 0.25) is 0 Å². The van der Waals surface area contributed by atoms with Gasteiger partial charge >= 0.3 is 6.09 Å². The zero-order chi connectivity index (χ0) is 20.4. The molecular weight excluding hydrogens is 394 g/mol. The normalized spacial score (nSPS) is 14.6. The lowest BCUT2D eigenvalue weighted by molar-refractivity contribution is 0.102. The number of nitrogens with one attached hydrogen (secondary N) is 1. The van der Waals surface area contributed by atoms with E-state index in [1.165, 1.54) is 11.3 Å². The Morgan fingerprint density at radius 3 is 2.86 bits per heavy atom. The minimum Gasteiger partial charge on any atom is -0.486 e. The third kappa shape index (κ3) is 3.71. The summed E-state index contributed by atoms with van der Waals surface area (Å²) in [6.07, 6.45) is 0.180. The molecule has 0 radical (unpaired) electrons. The molecule has 150 valence electrons. The van der Waals surface area contributed by atoms with Crippen molar-refractivity contribution in [1.82, 2.24) is 4.90 Å². The molecule has 9 heteroatoms. The van der Waals surface area contributed by atoms with E-state index in [1.54, 1.807) is 30.0 Å². The molecule has 0 aliphatic carbocycles. The quantitative estimate of drug-likeness (QED) is 0.830. The van der Waals surface area contributed by atoms with Crippen LogP contribution in [0.15, 0.2) is 18.2 Å². The van der Waals surface area contributed by atoms with Gasteiger partial charge in [-0.25, -0.2) is 4.79 Å². The number of thiophene rings is 1. The first-order valence-electron chi connectivity index (χ1n) is 9.28. The first-order chi connectivity index (χ1) is 14.1. The topological polar surface area (TPSA) is 101 Å². The summed E-state index contributed by atoms with van der Waals surface area (Å²) < 4.78 is 16.1. The molecule has 29 heavy (non-hydrogen) atoms. The maximum atomic E-state index is 12.7. The number of benzene rings is 1. The van der Waals surface area contributed by atoms with E-state index in [9.17, 15) is 14.9 Å². The Balaban J connectivity index is 1.55. The summed E-state index contributed by atoms with van der Waals surface area (Å²) in [5, 5.41) is 13.0. The van der Waals surface area contributed by atoms with Gasteiger partial charge in [0.1, 0.15) is 24.3 Å². The first kappa shape index (κ1) is 19.1. The summed E-state index contributed by atoms with van der Waals surface area (Å²) in [5.74, 6) is 0.801. The van der Waals surface area contributed by atoms with E-state index in [0.29, 0.717) is 67.0 Å². The van der Waals surface area contributed by atoms with Crippen molar-refractivity contribution >= 4 is 28.3 Å². The average molecular weight is 413 g/mol. The lowest BCUT2D eigenvalue weighted by Crippen LogP contribution is -2.35. The fraction of sp³-hybridized carbons (Fsp3) is 0.350. The van der Waals surface area contributed by atoms with Crippen molar-refractivity contribution in [2.75, 3.05) is 31.7 Å². The van der Waals surface area contributed by atoms with Gasteiger partial charge < -0.3 is 24.4 Å². The number of nitriles is 1. The molecule has 0 saturated heterocycles. The summed E-state index contributed by atoms with van der Waals surface area (Å²) in [4.78, 5) is 27.2. The number of carbonyl (C=O) groups excluding carboxylic acids is 2. The largest absolute Gasteiger partial charge is 0.486 e. The fourth-order valence-electron chi connectivity index (χ4n) is 3.34. The molecular formula is C20H19N3O5S. The van der Waals surface area contributed by atoms with Crippen molar-refractivity contribution in [3.05, 3.63) is 39.8 Å². The van der Waals surface area contributed by atoms with Gasteiger partial charge in [-0.05, 0) is 37.1 Å². The van der Waals surface area contributed by atoms with E-state index < -0.39 is 0 Å². The van der Waals surface area contributed by atoms with E-state index in [4.69, 9.17) is 14.2 Å². The van der Waals surface area contributed by atoms with Crippen molar-refractivity contribution in [3.63, 3.8) is 0 Å². The molecule has 8 nitrogen and oxygen atoms in total. The van der Waals surface area contributed by atoms with Crippen LogP contribution in [0.1, 0.15) is 33.3 Å². The molecule has 4 rings (SSSR count). The second-order valence-corrected chi connectivity index (χ2v) is 7.61. The Kier molecular flexibility index (Phi) is 5.27. The van der Waals surface area contributed by atoms with E-state index in [0.717, 1.165) is 10.4 Å². The van der Waals surface area contributed by atoms with Crippen LogP contribution in [0, 0.1) is 11.3 Å². The SMILES string of the molecule is CCOC(=O)N1CCc2c(sc(NC(=O)c3ccc4c(c3)OCCO4)c2C#N)C1. The van der Waals surface area contributed by atoms with E-state index in [-0.39, 0.29) is 12.0 Å². The number of rotatable bonds is 3. The standard InChI is InChI=1S/C20H19N3O5S/c1-2-26-20(25)23-6-5-13-14(10-21)19(29-17(13)11-23)22-18(24)12-3-4-15-16(9-12)28-8-7-27-15/h3-4,9H,2,5-8,11H2,1H3,(H,22,24). The monoisotopic (exact) mass is 413 g/mol. The number of ether oxygens (including phenoxy) is 3. The zero-order valence-electron chi connectivity index (χ0n) is 15.8. The maximum absolute atomic E-state index is 12.7. The van der Waals surface area contributed by atoms with Gasteiger partial charge in [-0.1, -0.05) is 0 Å². The number of anilines is 1. The summed E-state index contributed by atoms with van der Waals surface area (Å²) in [7, 11) is 0. The molecule has 2 aliphatic heterocycles. The van der Waals surface area contributed by atoms with Gasteiger partial charge in [0.2, 0.25) is 0 Å². The van der Waals surface area contributed by atoms with Crippen LogP contribution in [-0.2, 0) is 17.7 Å². The van der Waals surface area contributed by atoms with Crippen LogP contribution in [0.25, 0.3) is 0 Å². The zero-order valence-corrected chi connectivity index (χ0v) is 16.6. The Morgan fingerprint density at radius 1 is 1.31 bits per heavy atom. The van der Waals surface area contributed by atoms with Gasteiger partial charge in [0.05, 0.1) is 18.7 Å². The highest BCUT2D eigenvalue weighted by Crippen LogP contribution is 2.37. The van der Waals surface area contributed by atoms with Gasteiger partial charge in [0.15, 0.2) is 11.5 Å². The van der Waals surface area contributed by atoms with Crippen LogP contribution in [0.4, 0.5) is 9.80 Å². The molecule has 0 unspecified atom stereocenters. The number of fused-ring (bicyclic) bond motifs is 2. The number of hydrogen-bond donors (Lipinski definition) is 1. The van der Waals surface area contributed by atoms with E-state index >= 15 is 0 Å². The molecule has 3 heterocycles. The van der Waals surface area contributed by atoms with Gasteiger partial charge in [-0.2, -0.15) is 5.26 Å². The number of carbonyl (C=O) groups is 2. The molecule has 2 aromatic rings. The molecule has 0 atom stereocenters. The third-order valence-corrected chi connectivity index (χ3v) is 5.86. The second kappa shape index (κ2) is 8.01. The van der Waals surface area contributed by atoms with Crippen molar-refractivity contribution < 1.29 is 23.8 Å². The molecule has 1 N–H and O–H groups in total. The first-order valence-corrected chi connectivity index (χ1v) is 10.1. The van der Waals surface area contributed by atoms with Gasteiger partial charge in [-0.15, -0.1) is 11.3 Å².